The molecule has 0 saturated carbocycles. The number of rotatable bonds is 5. The number of hydrogen-bond donors (Lipinski definition) is 2. The lowest BCUT2D eigenvalue weighted by molar-refractivity contribution is 0.102. The van der Waals surface area contributed by atoms with Gasteiger partial charge in [0.2, 0.25) is 0 Å². The van der Waals surface area contributed by atoms with Crippen LogP contribution in [0.5, 0.6) is 0 Å². The van der Waals surface area contributed by atoms with Crippen LogP contribution in [0.3, 0.4) is 0 Å². The number of aryl methyl sites for hydroxylation is 1. The van der Waals surface area contributed by atoms with Crippen LogP contribution < -0.4 is 10.6 Å². The number of nitrogens with one attached hydrogen (secondary N) is 2. The first-order valence-electron chi connectivity index (χ1n) is 10.3. The van der Waals surface area contributed by atoms with Gasteiger partial charge in [-0.25, -0.2) is 0 Å². The molecule has 0 spiro atoms. The Hall–Kier alpha value is -2.88. The number of halogens is 1. The van der Waals surface area contributed by atoms with Crippen molar-refractivity contribution in [3.8, 4) is 11.1 Å². The van der Waals surface area contributed by atoms with Crippen molar-refractivity contribution in [2.45, 2.75) is 19.3 Å². The van der Waals surface area contributed by atoms with Crippen LogP contribution in [0.25, 0.3) is 17.2 Å². The molecule has 30 heavy (non-hydrogen) atoms. The molecule has 0 unspecified atom stereocenters. The van der Waals surface area contributed by atoms with Gasteiger partial charge in [-0.15, -0.1) is 0 Å². The molecule has 1 aliphatic carbocycles. The van der Waals surface area contributed by atoms with E-state index in [0.29, 0.717) is 10.6 Å². The average molecular weight is 417 g/mol. The van der Waals surface area contributed by atoms with E-state index in [-0.39, 0.29) is 5.91 Å². The van der Waals surface area contributed by atoms with Gasteiger partial charge in [0.15, 0.2) is 0 Å². The third-order valence-electron chi connectivity index (χ3n) is 5.43. The van der Waals surface area contributed by atoms with Crippen molar-refractivity contribution >= 4 is 29.3 Å². The fourth-order valence-corrected chi connectivity index (χ4v) is 3.99. The normalized spacial score (nSPS) is 13.2. The smallest absolute Gasteiger partial charge is 0.255 e. The Kier molecular flexibility index (Phi) is 6.32. The van der Waals surface area contributed by atoms with E-state index in [1.165, 1.54) is 16.7 Å². The molecule has 0 aromatic heterocycles. The first-order chi connectivity index (χ1) is 14.6. The second-order valence-electron chi connectivity index (χ2n) is 7.64. The summed E-state index contributed by atoms with van der Waals surface area (Å²) in [5.41, 5.74) is 7.57. The van der Waals surface area contributed by atoms with Crippen molar-refractivity contribution in [1.29, 1.82) is 0 Å². The van der Waals surface area contributed by atoms with Crippen molar-refractivity contribution in [3.05, 3.63) is 94.0 Å². The highest BCUT2D eigenvalue weighted by molar-refractivity contribution is 6.30. The van der Waals surface area contributed by atoms with Gasteiger partial charge in [-0.3, -0.25) is 4.79 Å². The molecule has 152 valence electrons. The van der Waals surface area contributed by atoms with E-state index in [0.717, 1.165) is 42.6 Å². The van der Waals surface area contributed by atoms with E-state index in [1.54, 1.807) is 0 Å². The first kappa shape index (κ1) is 20.4. The van der Waals surface area contributed by atoms with Crippen molar-refractivity contribution < 1.29 is 4.79 Å². The largest absolute Gasteiger partial charge is 0.322 e. The lowest BCUT2D eigenvalue weighted by Crippen LogP contribution is -2.12. The molecule has 2 N–H and O–H groups in total. The van der Waals surface area contributed by atoms with Gasteiger partial charge in [0, 0.05) is 22.8 Å². The van der Waals surface area contributed by atoms with Crippen LogP contribution in [0.4, 0.5) is 5.69 Å². The number of carbonyl (C=O) groups is 1. The SMILES string of the molecule is CNCC1=Cc2ccc(NC(=O)c3ccc(-c4ccc(Cl)cc4)cc3)cc2CCC1. The number of hydrogen-bond acceptors (Lipinski definition) is 2. The van der Waals surface area contributed by atoms with Crippen molar-refractivity contribution in [3.63, 3.8) is 0 Å². The lowest BCUT2D eigenvalue weighted by atomic mass is 10.0. The molecule has 3 aromatic carbocycles. The van der Waals surface area contributed by atoms with Crippen molar-refractivity contribution in [2.24, 2.45) is 0 Å². The number of likely N-dealkylation sites (N-methyl/N-ethyl adjacent to an activating group) is 1. The van der Waals surface area contributed by atoms with E-state index < -0.39 is 0 Å². The zero-order chi connectivity index (χ0) is 20.9. The van der Waals surface area contributed by atoms with Gasteiger partial charge >= 0.3 is 0 Å². The average Bonchev–Trinajstić information content (AvgIpc) is 2.96. The molecular formula is C26H25ClN2O. The minimum atomic E-state index is -0.0994. The Labute approximate surface area is 182 Å². The summed E-state index contributed by atoms with van der Waals surface area (Å²) in [6, 6.07) is 21.5. The van der Waals surface area contributed by atoms with E-state index in [4.69, 9.17) is 11.6 Å². The lowest BCUT2D eigenvalue weighted by Gasteiger charge is -2.10. The summed E-state index contributed by atoms with van der Waals surface area (Å²) < 4.78 is 0. The predicted octanol–water partition coefficient (Wildman–Crippen LogP) is 6.20. The molecule has 0 bridgehead atoms. The van der Waals surface area contributed by atoms with Gasteiger partial charge in [0.1, 0.15) is 0 Å². The van der Waals surface area contributed by atoms with E-state index in [2.05, 4.69) is 28.8 Å². The second kappa shape index (κ2) is 9.29. The Bertz CT molecular complexity index is 1070. The highest BCUT2D eigenvalue weighted by atomic mass is 35.5. The number of fused-ring (bicyclic) bond motifs is 1. The molecule has 3 aromatic rings. The standard InChI is InChI=1S/C26H25ClN2O/c1-28-17-18-3-2-4-22-16-25(14-11-23(22)15-18)29-26(30)21-7-5-19(6-8-21)20-9-12-24(27)13-10-20/h5-16,28H,2-4,17H2,1H3,(H,29,30). The van der Waals surface area contributed by atoms with Gasteiger partial charge < -0.3 is 10.6 Å². The van der Waals surface area contributed by atoms with Crippen molar-refractivity contribution in [1.82, 2.24) is 5.32 Å². The zero-order valence-corrected chi connectivity index (χ0v) is 17.8. The fourth-order valence-electron chi connectivity index (χ4n) is 3.86. The van der Waals surface area contributed by atoms with Gasteiger partial charge in [0.05, 0.1) is 0 Å². The fraction of sp³-hybridized carbons (Fsp3) is 0.192. The Morgan fingerprint density at radius 3 is 2.33 bits per heavy atom. The molecule has 0 saturated heterocycles. The molecule has 4 heteroatoms. The van der Waals surface area contributed by atoms with E-state index in [9.17, 15) is 4.79 Å². The summed E-state index contributed by atoms with van der Waals surface area (Å²) in [6.07, 6.45) is 5.54. The minimum Gasteiger partial charge on any atom is -0.322 e. The molecule has 3 nitrogen and oxygen atoms in total. The number of benzene rings is 3. The van der Waals surface area contributed by atoms with Crippen LogP contribution in [-0.2, 0) is 6.42 Å². The third-order valence-corrected chi connectivity index (χ3v) is 5.68. The molecule has 0 radical (unpaired) electrons. The minimum absolute atomic E-state index is 0.0994. The first-order valence-corrected chi connectivity index (χ1v) is 10.6. The highest BCUT2D eigenvalue weighted by Gasteiger charge is 2.11. The Morgan fingerprint density at radius 1 is 0.933 bits per heavy atom. The van der Waals surface area contributed by atoms with Crippen LogP contribution in [0.1, 0.15) is 34.3 Å². The molecular weight excluding hydrogens is 392 g/mol. The van der Waals surface area contributed by atoms with Crippen LogP contribution >= 0.6 is 11.6 Å². The number of anilines is 1. The second-order valence-corrected chi connectivity index (χ2v) is 8.07. The van der Waals surface area contributed by atoms with E-state index >= 15 is 0 Å². The molecule has 0 fully saturated rings. The van der Waals surface area contributed by atoms with Gasteiger partial charge in [-0.2, -0.15) is 0 Å². The molecule has 0 heterocycles. The summed E-state index contributed by atoms with van der Waals surface area (Å²) in [4.78, 5) is 12.7. The molecule has 4 rings (SSSR count). The van der Waals surface area contributed by atoms with Crippen LogP contribution in [-0.4, -0.2) is 19.5 Å². The maximum absolute atomic E-state index is 12.7. The maximum atomic E-state index is 12.7. The molecule has 0 atom stereocenters. The zero-order valence-electron chi connectivity index (χ0n) is 17.0. The monoisotopic (exact) mass is 416 g/mol. The van der Waals surface area contributed by atoms with Gasteiger partial charge in [0.25, 0.3) is 5.91 Å². The summed E-state index contributed by atoms with van der Waals surface area (Å²) in [6.45, 7) is 0.921. The summed E-state index contributed by atoms with van der Waals surface area (Å²) >= 11 is 5.96. The number of carbonyl (C=O) groups excluding carboxylic acids is 1. The van der Waals surface area contributed by atoms with Crippen LogP contribution in [0, 0.1) is 0 Å². The maximum Gasteiger partial charge on any atom is 0.255 e. The quantitative estimate of drug-likeness (QED) is 0.520. The van der Waals surface area contributed by atoms with Gasteiger partial charge in [-0.1, -0.05) is 53.6 Å². The topological polar surface area (TPSA) is 41.1 Å². The summed E-state index contributed by atoms with van der Waals surface area (Å²) in [5.74, 6) is -0.0994. The molecule has 0 aliphatic heterocycles. The molecule has 1 amide bonds. The predicted molar refractivity (Wildman–Crippen MR) is 126 cm³/mol. The number of amides is 1. The Balaban J connectivity index is 1.47. The van der Waals surface area contributed by atoms with E-state index in [1.807, 2.05) is 61.6 Å². The molecule has 1 aliphatic rings. The van der Waals surface area contributed by atoms with Crippen LogP contribution in [0.2, 0.25) is 5.02 Å². The summed E-state index contributed by atoms with van der Waals surface area (Å²) in [5, 5.41) is 6.99. The van der Waals surface area contributed by atoms with Crippen LogP contribution in [0.15, 0.2) is 72.3 Å². The Morgan fingerprint density at radius 2 is 1.63 bits per heavy atom. The van der Waals surface area contributed by atoms with Crippen molar-refractivity contribution in [2.75, 3.05) is 18.9 Å². The summed E-state index contributed by atoms with van der Waals surface area (Å²) in [7, 11) is 1.98. The third kappa shape index (κ3) is 4.81. The van der Waals surface area contributed by atoms with Gasteiger partial charge in [-0.05, 0) is 85.0 Å². The highest BCUT2D eigenvalue weighted by Crippen LogP contribution is 2.26.